The third kappa shape index (κ3) is 3.34. The minimum absolute atomic E-state index is 0.0931. The van der Waals surface area contributed by atoms with E-state index in [1.165, 1.54) is 66.4 Å². The van der Waals surface area contributed by atoms with E-state index in [0.717, 1.165) is 33.1 Å². The van der Waals surface area contributed by atoms with Crippen LogP contribution in [0.4, 0.5) is 0 Å². The van der Waals surface area contributed by atoms with E-state index in [2.05, 4.69) is 140 Å². The SMILES string of the molecule is CC1(C)c2cc(-c3ccc(-c4ccc5ccc6cccnc6c5n4)cc3)ccc2-c2c1ccc1c2-c2cccc3cccc-1c23. The molecule has 0 spiro atoms. The van der Waals surface area contributed by atoms with Crippen LogP contribution in [0.3, 0.4) is 0 Å². The molecule has 0 saturated carbocycles. The Kier molecular flexibility index (Phi) is 4.82. The van der Waals surface area contributed by atoms with Gasteiger partial charge in [0.2, 0.25) is 0 Å². The zero-order valence-electron chi connectivity index (χ0n) is 25.1. The highest BCUT2D eigenvalue weighted by molar-refractivity contribution is 6.19. The van der Waals surface area contributed by atoms with Gasteiger partial charge < -0.3 is 0 Å². The molecule has 2 aromatic heterocycles. The standard InChI is InChI=1S/C43H28N2/c1-43(2)35-21-20-32-31-9-3-6-27-7-4-10-34(38(27)31)39(32)40(35)33-19-17-30(24-36(33)43)25-11-13-26(14-12-25)37-22-18-29-16-15-28-8-5-23-44-41(28)42(29)45-37/h3-24H,1-2H3. The highest BCUT2D eigenvalue weighted by atomic mass is 14.7. The summed E-state index contributed by atoms with van der Waals surface area (Å²) in [5, 5.41) is 4.92. The van der Waals surface area contributed by atoms with E-state index in [9.17, 15) is 0 Å². The molecule has 2 nitrogen and oxygen atoms in total. The topological polar surface area (TPSA) is 25.8 Å². The largest absolute Gasteiger partial charge is 0.254 e. The van der Waals surface area contributed by atoms with E-state index >= 15 is 0 Å². The molecular weight excluding hydrogens is 544 g/mol. The van der Waals surface area contributed by atoms with E-state index in [1.54, 1.807) is 0 Å². The molecule has 0 saturated heterocycles. The van der Waals surface area contributed by atoms with Crippen molar-refractivity contribution in [2.24, 2.45) is 0 Å². The normalized spacial score (nSPS) is 13.7. The number of aromatic nitrogens is 2. The zero-order chi connectivity index (χ0) is 29.9. The van der Waals surface area contributed by atoms with Crippen LogP contribution < -0.4 is 0 Å². The Labute approximate surface area is 261 Å². The zero-order valence-corrected chi connectivity index (χ0v) is 25.1. The summed E-state index contributed by atoms with van der Waals surface area (Å²) in [7, 11) is 0. The highest BCUT2D eigenvalue weighted by Gasteiger charge is 2.39. The van der Waals surface area contributed by atoms with Crippen LogP contribution in [0, 0.1) is 0 Å². The lowest BCUT2D eigenvalue weighted by molar-refractivity contribution is 0.661. The van der Waals surface area contributed by atoms with Gasteiger partial charge >= 0.3 is 0 Å². The van der Waals surface area contributed by atoms with Crippen LogP contribution in [0.15, 0.2) is 134 Å². The first kappa shape index (κ1) is 24.8. The molecule has 0 aliphatic heterocycles. The second kappa shape index (κ2) is 8.74. The third-order valence-electron chi connectivity index (χ3n) is 10.3. The number of benzene rings is 6. The molecule has 0 unspecified atom stereocenters. The Hall–Kier alpha value is -5.60. The van der Waals surface area contributed by atoms with E-state index < -0.39 is 0 Å². The number of hydrogen-bond donors (Lipinski definition) is 0. The molecule has 210 valence electrons. The summed E-state index contributed by atoms with van der Waals surface area (Å²) < 4.78 is 0. The maximum absolute atomic E-state index is 5.06. The van der Waals surface area contributed by atoms with Crippen molar-refractivity contribution in [1.29, 1.82) is 0 Å². The van der Waals surface area contributed by atoms with Crippen LogP contribution >= 0.6 is 0 Å². The van der Waals surface area contributed by atoms with Gasteiger partial charge in [0.1, 0.15) is 0 Å². The van der Waals surface area contributed by atoms with Gasteiger partial charge in [-0.1, -0.05) is 123 Å². The molecule has 0 amide bonds. The molecule has 2 heteroatoms. The maximum atomic E-state index is 5.06. The van der Waals surface area contributed by atoms with Crippen molar-refractivity contribution in [2.45, 2.75) is 19.3 Å². The van der Waals surface area contributed by atoms with Crippen molar-refractivity contribution in [1.82, 2.24) is 9.97 Å². The van der Waals surface area contributed by atoms with Crippen molar-refractivity contribution in [3.63, 3.8) is 0 Å². The third-order valence-corrected chi connectivity index (χ3v) is 10.3. The van der Waals surface area contributed by atoms with Crippen LogP contribution in [0.1, 0.15) is 25.0 Å². The first-order chi connectivity index (χ1) is 22.1. The average Bonchev–Trinajstić information content (AvgIpc) is 3.54. The van der Waals surface area contributed by atoms with Crippen molar-refractivity contribution < 1.29 is 0 Å². The fourth-order valence-electron chi connectivity index (χ4n) is 8.00. The Balaban J connectivity index is 1.06. The quantitative estimate of drug-likeness (QED) is 0.193. The molecule has 0 atom stereocenters. The second-order valence-corrected chi connectivity index (χ2v) is 13.0. The molecule has 8 aromatic rings. The van der Waals surface area contributed by atoms with Crippen LogP contribution in [-0.2, 0) is 5.41 Å². The van der Waals surface area contributed by atoms with Crippen molar-refractivity contribution >= 4 is 32.6 Å². The number of nitrogens with zero attached hydrogens (tertiary/aromatic N) is 2. The summed E-state index contributed by atoms with van der Waals surface area (Å²) in [5.41, 5.74) is 17.4. The van der Waals surface area contributed by atoms with E-state index in [0.29, 0.717) is 0 Å². The van der Waals surface area contributed by atoms with Gasteiger partial charge in [0.25, 0.3) is 0 Å². The molecule has 2 aliphatic rings. The lowest BCUT2D eigenvalue weighted by atomic mass is 9.81. The van der Waals surface area contributed by atoms with Gasteiger partial charge in [-0.3, -0.25) is 4.98 Å². The molecule has 2 aliphatic carbocycles. The Bertz CT molecular complexity index is 2550. The fraction of sp³-hybridized carbons (Fsp3) is 0.0698. The van der Waals surface area contributed by atoms with Crippen molar-refractivity contribution in [3.8, 4) is 55.8 Å². The van der Waals surface area contributed by atoms with Crippen LogP contribution in [-0.4, -0.2) is 9.97 Å². The fourth-order valence-corrected chi connectivity index (χ4v) is 8.00. The second-order valence-electron chi connectivity index (χ2n) is 13.0. The van der Waals surface area contributed by atoms with E-state index in [4.69, 9.17) is 4.98 Å². The molecule has 2 heterocycles. The first-order valence-corrected chi connectivity index (χ1v) is 15.7. The number of pyridine rings is 2. The minimum atomic E-state index is -0.0931. The molecule has 0 bridgehead atoms. The Morgan fingerprint density at radius 3 is 2.00 bits per heavy atom. The minimum Gasteiger partial charge on any atom is -0.254 e. The highest BCUT2D eigenvalue weighted by Crippen LogP contribution is 2.58. The van der Waals surface area contributed by atoms with Gasteiger partial charge in [0, 0.05) is 27.9 Å². The van der Waals surface area contributed by atoms with E-state index in [1.807, 2.05) is 12.3 Å². The van der Waals surface area contributed by atoms with Crippen LogP contribution in [0.5, 0.6) is 0 Å². The Morgan fingerprint density at radius 1 is 0.467 bits per heavy atom. The van der Waals surface area contributed by atoms with Crippen LogP contribution in [0.25, 0.3) is 88.3 Å². The molecule has 10 rings (SSSR count). The van der Waals surface area contributed by atoms with Gasteiger partial charge in [-0.2, -0.15) is 0 Å². The molecule has 6 aromatic carbocycles. The predicted octanol–water partition coefficient (Wildman–Crippen LogP) is 11.2. The lowest BCUT2D eigenvalue weighted by Gasteiger charge is -2.22. The van der Waals surface area contributed by atoms with Gasteiger partial charge in [-0.25, -0.2) is 4.98 Å². The monoisotopic (exact) mass is 572 g/mol. The van der Waals surface area contributed by atoms with Crippen molar-refractivity contribution in [3.05, 3.63) is 145 Å². The summed E-state index contributed by atoms with van der Waals surface area (Å²) in [6.07, 6.45) is 1.84. The van der Waals surface area contributed by atoms with E-state index in [-0.39, 0.29) is 5.41 Å². The van der Waals surface area contributed by atoms with Gasteiger partial charge in [-0.15, -0.1) is 0 Å². The molecule has 0 fully saturated rings. The first-order valence-electron chi connectivity index (χ1n) is 15.7. The van der Waals surface area contributed by atoms with Crippen molar-refractivity contribution in [2.75, 3.05) is 0 Å². The summed E-state index contributed by atoms with van der Waals surface area (Å²) in [6, 6.07) is 46.7. The smallest absolute Gasteiger partial charge is 0.0972 e. The lowest BCUT2D eigenvalue weighted by Crippen LogP contribution is -2.15. The predicted molar refractivity (Wildman–Crippen MR) is 187 cm³/mol. The summed E-state index contributed by atoms with van der Waals surface area (Å²) in [5.74, 6) is 0. The van der Waals surface area contributed by atoms with Gasteiger partial charge in [0.15, 0.2) is 0 Å². The maximum Gasteiger partial charge on any atom is 0.0972 e. The summed E-state index contributed by atoms with van der Waals surface area (Å²) >= 11 is 0. The van der Waals surface area contributed by atoms with Crippen LogP contribution in [0.2, 0.25) is 0 Å². The number of fused-ring (bicyclic) bond motifs is 10. The molecule has 0 N–H and O–H groups in total. The average molecular weight is 573 g/mol. The number of rotatable bonds is 2. The van der Waals surface area contributed by atoms with Gasteiger partial charge in [0.05, 0.1) is 16.7 Å². The molecular formula is C43H28N2. The summed E-state index contributed by atoms with van der Waals surface area (Å²) in [6.45, 7) is 4.76. The molecule has 45 heavy (non-hydrogen) atoms. The number of hydrogen-bond acceptors (Lipinski definition) is 2. The summed E-state index contributed by atoms with van der Waals surface area (Å²) in [4.78, 5) is 9.69. The van der Waals surface area contributed by atoms with Gasteiger partial charge in [-0.05, 0) is 84.6 Å². The molecule has 0 radical (unpaired) electrons. The Morgan fingerprint density at radius 2 is 1.16 bits per heavy atom.